The summed E-state index contributed by atoms with van der Waals surface area (Å²) in [5.74, 6) is -1.57. The number of amides is 1. The maximum atomic E-state index is 10.7. The molecule has 5 heteroatoms. The van der Waals surface area contributed by atoms with Crippen LogP contribution in [0.3, 0.4) is 0 Å². The SMILES string of the molecule is CC(C)(C)S[C@@H](CC(N)=O)C(=O)O. The Morgan fingerprint density at radius 3 is 2.15 bits per heavy atom. The second-order valence-electron chi connectivity index (χ2n) is 3.73. The lowest BCUT2D eigenvalue weighted by atomic mass is 10.2. The van der Waals surface area contributed by atoms with E-state index in [2.05, 4.69) is 0 Å². The molecule has 0 fully saturated rings. The number of aliphatic carboxylic acids is 1. The molecule has 0 aromatic heterocycles. The second kappa shape index (κ2) is 4.50. The van der Waals surface area contributed by atoms with E-state index in [0.717, 1.165) is 0 Å². The fourth-order valence-electron chi connectivity index (χ4n) is 0.789. The number of thioether (sulfide) groups is 1. The van der Waals surface area contributed by atoms with Crippen molar-refractivity contribution in [3.8, 4) is 0 Å². The molecule has 76 valence electrons. The van der Waals surface area contributed by atoms with E-state index in [0.29, 0.717) is 0 Å². The van der Waals surface area contributed by atoms with Crippen LogP contribution in [0.2, 0.25) is 0 Å². The van der Waals surface area contributed by atoms with E-state index in [-0.39, 0.29) is 11.2 Å². The molecule has 0 radical (unpaired) electrons. The number of nitrogens with two attached hydrogens (primary N) is 1. The van der Waals surface area contributed by atoms with Crippen LogP contribution >= 0.6 is 11.8 Å². The Labute approximate surface area is 81.9 Å². The zero-order valence-electron chi connectivity index (χ0n) is 8.03. The molecule has 0 saturated carbocycles. The highest BCUT2D eigenvalue weighted by Gasteiger charge is 2.26. The molecule has 0 heterocycles. The van der Waals surface area contributed by atoms with E-state index in [1.54, 1.807) is 0 Å². The Bertz CT molecular complexity index is 210. The van der Waals surface area contributed by atoms with E-state index in [4.69, 9.17) is 10.8 Å². The van der Waals surface area contributed by atoms with Crippen LogP contribution in [0.5, 0.6) is 0 Å². The van der Waals surface area contributed by atoms with Crippen LogP contribution in [0.4, 0.5) is 0 Å². The third-order valence-corrected chi connectivity index (χ3v) is 2.52. The molecule has 0 aromatic rings. The lowest BCUT2D eigenvalue weighted by Gasteiger charge is -2.21. The summed E-state index contributed by atoms with van der Waals surface area (Å²) in [7, 11) is 0. The highest BCUT2D eigenvalue weighted by Crippen LogP contribution is 2.29. The van der Waals surface area contributed by atoms with Crippen molar-refractivity contribution < 1.29 is 14.7 Å². The lowest BCUT2D eigenvalue weighted by molar-refractivity contribution is -0.137. The molecule has 0 aromatic carbocycles. The minimum atomic E-state index is -0.987. The van der Waals surface area contributed by atoms with Crippen molar-refractivity contribution in [1.82, 2.24) is 0 Å². The molecule has 0 aliphatic rings. The molecular weight excluding hydrogens is 190 g/mol. The standard InChI is InChI=1S/C8H15NO3S/c1-8(2,3)13-5(7(11)12)4-6(9)10/h5H,4H2,1-3H3,(H2,9,10)(H,11,12)/t5-/m0/s1. The van der Waals surface area contributed by atoms with Crippen LogP contribution in [0, 0.1) is 0 Å². The largest absolute Gasteiger partial charge is 0.480 e. The van der Waals surface area contributed by atoms with E-state index in [1.807, 2.05) is 20.8 Å². The molecule has 0 aliphatic heterocycles. The van der Waals surface area contributed by atoms with Crippen LogP contribution in [0.1, 0.15) is 27.2 Å². The molecule has 0 rings (SSSR count). The Morgan fingerprint density at radius 2 is 1.92 bits per heavy atom. The third kappa shape index (κ3) is 6.45. The molecule has 4 nitrogen and oxygen atoms in total. The van der Waals surface area contributed by atoms with Gasteiger partial charge in [-0.1, -0.05) is 20.8 Å². The van der Waals surface area contributed by atoms with Gasteiger partial charge in [0.05, 0.1) is 0 Å². The predicted molar refractivity (Wildman–Crippen MR) is 52.6 cm³/mol. The minimum absolute atomic E-state index is 0.114. The first-order valence-electron chi connectivity index (χ1n) is 3.91. The number of hydrogen-bond acceptors (Lipinski definition) is 3. The van der Waals surface area contributed by atoms with E-state index >= 15 is 0 Å². The molecule has 0 bridgehead atoms. The zero-order valence-corrected chi connectivity index (χ0v) is 8.85. The van der Waals surface area contributed by atoms with E-state index in [1.165, 1.54) is 11.8 Å². The fraction of sp³-hybridized carbons (Fsp3) is 0.750. The van der Waals surface area contributed by atoms with Gasteiger partial charge in [-0.3, -0.25) is 9.59 Å². The van der Waals surface area contributed by atoms with Gasteiger partial charge < -0.3 is 10.8 Å². The number of carbonyl (C=O) groups excluding carboxylic acids is 1. The monoisotopic (exact) mass is 205 g/mol. The van der Waals surface area contributed by atoms with E-state index in [9.17, 15) is 9.59 Å². The predicted octanol–water partition coefficient (Wildman–Crippen LogP) is 0.847. The van der Waals surface area contributed by atoms with Gasteiger partial charge in [0.2, 0.25) is 5.91 Å². The molecule has 3 N–H and O–H groups in total. The van der Waals surface area contributed by atoms with Crippen molar-refractivity contribution in [2.75, 3.05) is 0 Å². The summed E-state index contributed by atoms with van der Waals surface area (Å²) in [6, 6.07) is 0. The maximum absolute atomic E-state index is 10.7. The Morgan fingerprint density at radius 1 is 1.46 bits per heavy atom. The van der Waals surface area contributed by atoms with E-state index < -0.39 is 17.1 Å². The normalized spacial score (nSPS) is 13.8. The molecule has 1 amide bonds. The van der Waals surface area contributed by atoms with Crippen molar-refractivity contribution in [3.63, 3.8) is 0 Å². The number of carboxylic acid groups (broad SMARTS) is 1. The summed E-state index contributed by atoms with van der Waals surface area (Å²) in [5, 5.41) is 8.02. The van der Waals surface area contributed by atoms with Gasteiger partial charge in [-0.25, -0.2) is 0 Å². The Balaban J connectivity index is 4.27. The minimum Gasteiger partial charge on any atom is -0.480 e. The highest BCUT2D eigenvalue weighted by molar-refractivity contribution is 8.01. The van der Waals surface area contributed by atoms with Crippen LogP contribution in [-0.4, -0.2) is 27.0 Å². The second-order valence-corrected chi connectivity index (χ2v) is 5.76. The molecule has 13 heavy (non-hydrogen) atoms. The van der Waals surface area contributed by atoms with Gasteiger partial charge in [0, 0.05) is 11.2 Å². The zero-order chi connectivity index (χ0) is 10.6. The molecule has 1 atom stereocenters. The number of carboxylic acids is 1. The topological polar surface area (TPSA) is 80.4 Å². The van der Waals surface area contributed by atoms with Crippen LogP contribution in [0.15, 0.2) is 0 Å². The van der Waals surface area contributed by atoms with Crippen LogP contribution < -0.4 is 5.73 Å². The lowest BCUT2D eigenvalue weighted by Crippen LogP contribution is -2.28. The number of carbonyl (C=O) groups is 2. The van der Waals surface area contributed by atoms with Crippen molar-refractivity contribution >= 4 is 23.6 Å². The van der Waals surface area contributed by atoms with Gasteiger partial charge in [-0.15, -0.1) is 11.8 Å². The van der Waals surface area contributed by atoms with Crippen LogP contribution in [-0.2, 0) is 9.59 Å². The fourth-order valence-corrected chi connectivity index (χ4v) is 1.99. The maximum Gasteiger partial charge on any atom is 0.317 e. The molecule has 0 aliphatic carbocycles. The molecular formula is C8H15NO3S. The highest BCUT2D eigenvalue weighted by atomic mass is 32.2. The first kappa shape index (κ1) is 12.3. The number of rotatable bonds is 4. The quantitative estimate of drug-likeness (QED) is 0.713. The molecule has 0 unspecified atom stereocenters. The number of hydrogen-bond donors (Lipinski definition) is 2. The average molecular weight is 205 g/mol. The summed E-state index contributed by atoms with van der Waals surface area (Å²) in [6.45, 7) is 5.69. The van der Waals surface area contributed by atoms with Crippen molar-refractivity contribution in [1.29, 1.82) is 0 Å². The summed E-state index contributed by atoms with van der Waals surface area (Å²) >= 11 is 1.24. The van der Waals surface area contributed by atoms with Gasteiger partial charge in [0.25, 0.3) is 0 Å². The summed E-state index contributed by atoms with van der Waals surface area (Å²) in [4.78, 5) is 21.2. The molecule has 0 saturated heterocycles. The van der Waals surface area contributed by atoms with Gasteiger partial charge in [-0.2, -0.15) is 0 Å². The summed E-state index contributed by atoms with van der Waals surface area (Å²) in [6.07, 6.45) is -0.114. The molecule has 0 spiro atoms. The Kier molecular flexibility index (Phi) is 4.26. The van der Waals surface area contributed by atoms with Gasteiger partial charge >= 0.3 is 5.97 Å². The number of primary amides is 1. The van der Waals surface area contributed by atoms with Crippen molar-refractivity contribution in [3.05, 3.63) is 0 Å². The van der Waals surface area contributed by atoms with Crippen LogP contribution in [0.25, 0.3) is 0 Å². The Hall–Kier alpha value is -0.710. The third-order valence-electron chi connectivity index (χ3n) is 1.16. The van der Waals surface area contributed by atoms with Gasteiger partial charge in [0.1, 0.15) is 5.25 Å². The average Bonchev–Trinajstić information content (AvgIpc) is 1.81. The summed E-state index contributed by atoms with van der Waals surface area (Å²) < 4.78 is -0.182. The first-order valence-corrected chi connectivity index (χ1v) is 4.79. The van der Waals surface area contributed by atoms with Crippen molar-refractivity contribution in [2.45, 2.75) is 37.2 Å². The first-order chi connectivity index (χ1) is 5.72. The van der Waals surface area contributed by atoms with Gasteiger partial charge in [-0.05, 0) is 0 Å². The van der Waals surface area contributed by atoms with Gasteiger partial charge in [0.15, 0.2) is 0 Å². The summed E-state index contributed by atoms with van der Waals surface area (Å²) in [5.41, 5.74) is 4.93. The van der Waals surface area contributed by atoms with Crippen molar-refractivity contribution in [2.24, 2.45) is 5.73 Å². The smallest absolute Gasteiger partial charge is 0.317 e.